The topological polar surface area (TPSA) is 75.6 Å². The minimum Gasteiger partial charge on any atom is -0.463 e. The first-order valence-corrected chi connectivity index (χ1v) is 4.16. The summed E-state index contributed by atoms with van der Waals surface area (Å²) < 4.78 is 13.2. The van der Waals surface area contributed by atoms with Crippen molar-refractivity contribution in [1.82, 2.24) is 5.48 Å². The maximum absolute atomic E-state index is 13.2. The monoisotopic (exact) mass is 225 g/mol. The minimum absolute atomic E-state index is 0.0420. The fourth-order valence-corrected chi connectivity index (χ4v) is 0.968. The van der Waals surface area contributed by atoms with E-state index in [4.69, 9.17) is 5.11 Å². The van der Waals surface area contributed by atoms with Crippen LogP contribution in [0.1, 0.15) is 5.56 Å². The van der Waals surface area contributed by atoms with Gasteiger partial charge in [0.2, 0.25) is 0 Å². The molecule has 1 rings (SSSR count). The van der Waals surface area contributed by atoms with Crippen LogP contribution in [0, 0.1) is 5.82 Å². The maximum Gasteiger partial charge on any atom is 0.438 e. The average Bonchev–Trinajstić information content (AvgIpc) is 2.25. The molecule has 0 atom stereocenters. The van der Waals surface area contributed by atoms with Crippen LogP contribution in [0.15, 0.2) is 30.8 Å². The second-order valence-electron chi connectivity index (χ2n) is 2.76. The molecule has 6 heteroatoms. The van der Waals surface area contributed by atoms with Gasteiger partial charge in [0.05, 0.1) is 5.57 Å². The van der Waals surface area contributed by atoms with E-state index in [0.29, 0.717) is 0 Å². The number of carboxylic acid groups (broad SMARTS) is 1. The lowest BCUT2D eigenvalue weighted by Crippen LogP contribution is -2.25. The Morgan fingerprint density at radius 1 is 1.38 bits per heavy atom. The quantitative estimate of drug-likeness (QED) is 0.591. The summed E-state index contributed by atoms with van der Waals surface area (Å²) in [6.07, 6.45) is -1.53. The Kier molecular flexibility index (Phi) is 3.60. The van der Waals surface area contributed by atoms with Crippen LogP contribution in [-0.2, 0) is 9.63 Å². The number of carbonyl (C=O) groups is 2. The Labute approximate surface area is 90.1 Å². The lowest BCUT2D eigenvalue weighted by atomic mass is 10.1. The van der Waals surface area contributed by atoms with E-state index in [9.17, 15) is 14.0 Å². The number of halogens is 1. The molecule has 0 aliphatic rings. The van der Waals surface area contributed by atoms with Crippen LogP contribution >= 0.6 is 0 Å². The van der Waals surface area contributed by atoms with Gasteiger partial charge in [-0.1, -0.05) is 24.8 Å². The number of nitrogens with one attached hydrogen (secondary N) is 1. The zero-order valence-corrected chi connectivity index (χ0v) is 8.07. The molecule has 0 saturated heterocycles. The van der Waals surface area contributed by atoms with E-state index < -0.39 is 17.9 Å². The van der Waals surface area contributed by atoms with Gasteiger partial charge in [-0.3, -0.25) is 0 Å². The molecule has 1 aromatic carbocycles. The fourth-order valence-electron chi connectivity index (χ4n) is 0.968. The first kappa shape index (κ1) is 11.7. The van der Waals surface area contributed by atoms with Gasteiger partial charge in [-0.2, -0.15) is 0 Å². The van der Waals surface area contributed by atoms with Crippen LogP contribution in [0.3, 0.4) is 0 Å². The van der Waals surface area contributed by atoms with Crippen molar-refractivity contribution >= 4 is 17.6 Å². The third-order valence-electron chi connectivity index (χ3n) is 1.68. The summed E-state index contributed by atoms with van der Waals surface area (Å²) in [5.74, 6) is -1.70. The second-order valence-corrected chi connectivity index (χ2v) is 2.76. The van der Waals surface area contributed by atoms with Crippen LogP contribution < -0.4 is 5.48 Å². The predicted molar refractivity (Wildman–Crippen MR) is 52.7 cm³/mol. The molecule has 0 heterocycles. The van der Waals surface area contributed by atoms with Gasteiger partial charge >= 0.3 is 12.1 Å². The minimum atomic E-state index is -1.53. The Bertz CT molecular complexity index is 444. The molecule has 0 bridgehead atoms. The molecule has 2 N–H and O–H groups in total. The first-order chi connectivity index (χ1) is 7.52. The van der Waals surface area contributed by atoms with E-state index >= 15 is 0 Å². The summed E-state index contributed by atoms with van der Waals surface area (Å²) in [6.45, 7) is 3.32. The van der Waals surface area contributed by atoms with Gasteiger partial charge in [0.25, 0.3) is 0 Å². The number of hydroxylamine groups is 1. The van der Waals surface area contributed by atoms with Crippen molar-refractivity contribution in [2.24, 2.45) is 0 Å². The summed E-state index contributed by atoms with van der Waals surface area (Å²) in [4.78, 5) is 25.3. The molecule has 0 saturated carbocycles. The van der Waals surface area contributed by atoms with Crippen molar-refractivity contribution in [3.05, 3.63) is 42.2 Å². The van der Waals surface area contributed by atoms with Gasteiger partial charge < -0.3 is 9.94 Å². The molecule has 0 fully saturated rings. The fraction of sp³-hybridized carbons (Fsp3) is 0. The zero-order chi connectivity index (χ0) is 12.1. The van der Waals surface area contributed by atoms with E-state index in [1.165, 1.54) is 23.7 Å². The van der Waals surface area contributed by atoms with E-state index in [1.807, 2.05) is 0 Å². The molecule has 0 spiro atoms. The van der Waals surface area contributed by atoms with E-state index in [2.05, 4.69) is 11.4 Å². The number of carbonyl (C=O) groups excluding carboxylic acids is 1. The van der Waals surface area contributed by atoms with Crippen molar-refractivity contribution in [2.45, 2.75) is 0 Å². The average molecular weight is 225 g/mol. The largest absolute Gasteiger partial charge is 0.463 e. The van der Waals surface area contributed by atoms with Crippen LogP contribution in [-0.4, -0.2) is 17.2 Å². The number of amides is 1. The van der Waals surface area contributed by atoms with Gasteiger partial charge in [0.1, 0.15) is 5.82 Å². The Hall–Kier alpha value is -2.37. The van der Waals surface area contributed by atoms with Gasteiger partial charge in [-0.15, -0.1) is 5.48 Å². The standard InChI is InChI=1S/C10H8FNO4/c1-6(9(13)16-12-10(14)15)7-4-2-3-5-8(7)11/h2-5,12H,1H2,(H,14,15). The molecule has 5 nitrogen and oxygen atoms in total. The molecular formula is C10H8FNO4. The predicted octanol–water partition coefficient (Wildman–Crippen LogP) is 1.56. The molecule has 16 heavy (non-hydrogen) atoms. The van der Waals surface area contributed by atoms with Crippen molar-refractivity contribution in [1.29, 1.82) is 0 Å². The summed E-state index contributed by atoms with van der Waals surface area (Å²) >= 11 is 0. The SMILES string of the molecule is C=C(C(=O)ONC(=O)O)c1ccccc1F. The van der Waals surface area contributed by atoms with Crippen molar-refractivity contribution in [2.75, 3.05) is 0 Å². The molecular weight excluding hydrogens is 217 g/mol. The number of hydrogen-bond donors (Lipinski definition) is 2. The summed E-state index contributed by atoms with van der Waals surface area (Å²) in [6, 6.07) is 5.45. The van der Waals surface area contributed by atoms with E-state index in [-0.39, 0.29) is 11.1 Å². The molecule has 0 aliphatic heterocycles. The molecule has 1 aromatic rings. The first-order valence-electron chi connectivity index (χ1n) is 4.16. The molecule has 84 valence electrons. The van der Waals surface area contributed by atoms with Gasteiger partial charge in [-0.05, 0) is 6.07 Å². The highest BCUT2D eigenvalue weighted by atomic mass is 19.1. The Morgan fingerprint density at radius 3 is 2.56 bits per heavy atom. The summed E-state index contributed by atoms with van der Waals surface area (Å²) in [5, 5.41) is 8.18. The number of benzene rings is 1. The molecule has 0 aromatic heterocycles. The highest BCUT2D eigenvalue weighted by Gasteiger charge is 2.15. The zero-order valence-electron chi connectivity index (χ0n) is 8.07. The van der Waals surface area contributed by atoms with Crippen molar-refractivity contribution in [3.63, 3.8) is 0 Å². The van der Waals surface area contributed by atoms with Gasteiger partial charge in [-0.25, -0.2) is 14.0 Å². The van der Waals surface area contributed by atoms with Crippen molar-refractivity contribution < 1.29 is 23.9 Å². The maximum atomic E-state index is 13.2. The number of rotatable bonds is 2. The molecule has 0 aliphatic carbocycles. The Balaban J connectivity index is 2.75. The van der Waals surface area contributed by atoms with Crippen molar-refractivity contribution in [3.8, 4) is 0 Å². The summed E-state index contributed by atoms with van der Waals surface area (Å²) in [5.41, 5.74) is 1.09. The Morgan fingerprint density at radius 2 is 2.00 bits per heavy atom. The third-order valence-corrected chi connectivity index (χ3v) is 1.68. The van der Waals surface area contributed by atoms with Crippen LogP contribution in [0.5, 0.6) is 0 Å². The molecule has 0 unspecified atom stereocenters. The lowest BCUT2D eigenvalue weighted by Gasteiger charge is -2.05. The van der Waals surface area contributed by atoms with E-state index in [1.54, 1.807) is 0 Å². The van der Waals surface area contributed by atoms with Crippen LogP contribution in [0.4, 0.5) is 9.18 Å². The molecule has 0 radical (unpaired) electrons. The number of hydrogen-bond acceptors (Lipinski definition) is 3. The van der Waals surface area contributed by atoms with Crippen LogP contribution in [0.25, 0.3) is 5.57 Å². The summed E-state index contributed by atoms with van der Waals surface area (Å²) in [7, 11) is 0. The highest BCUT2D eigenvalue weighted by Crippen LogP contribution is 2.16. The smallest absolute Gasteiger partial charge is 0.438 e. The third kappa shape index (κ3) is 2.81. The van der Waals surface area contributed by atoms with Crippen LogP contribution in [0.2, 0.25) is 0 Å². The van der Waals surface area contributed by atoms with E-state index in [0.717, 1.165) is 6.07 Å². The molecule has 1 amide bonds. The second kappa shape index (κ2) is 4.92. The van der Waals surface area contributed by atoms with Gasteiger partial charge in [0.15, 0.2) is 0 Å². The lowest BCUT2D eigenvalue weighted by molar-refractivity contribution is -0.142. The highest BCUT2D eigenvalue weighted by molar-refractivity contribution is 6.15. The van der Waals surface area contributed by atoms with Gasteiger partial charge in [0, 0.05) is 5.56 Å². The normalized spacial score (nSPS) is 9.31.